The summed E-state index contributed by atoms with van der Waals surface area (Å²) >= 11 is 0. The largest absolute Gasteiger partial charge is 0.389 e. The number of aromatic nitrogens is 1. The number of aliphatic hydroxyl groups is 1. The second kappa shape index (κ2) is 4.81. The molecule has 0 saturated heterocycles. The van der Waals surface area contributed by atoms with Gasteiger partial charge in [0.2, 0.25) is 0 Å². The van der Waals surface area contributed by atoms with Gasteiger partial charge in [0.25, 0.3) is 0 Å². The molecule has 0 radical (unpaired) electrons. The molecule has 1 aromatic heterocycles. The number of carbonyl (C=O) groups is 1. The second-order valence-electron chi connectivity index (χ2n) is 6.11. The Morgan fingerprint density at radius 2 is 2.05 bits per heavy atom. The monoisotopic (exact) mass is 285 g/mol. The minimum atomic E-state index is -1.12. The van der Waals surface area contributed by atoms with Crippen molar-refractivity contribution in [2.24, 2.45) is 5.92 Å². The van der Waals surface area contributed by atoms with Gasteiger partial charge in [0, 0.05) is 17.9 Å². The first-order valence-corrected chi connectivity index (χ1v) is 7.14. The highest BCUT2D eigenvalue weighted by atomic mass is 16.5. The molecule has 1 aromatic carbocycles. The van der Waals surface area contributed by atoms with Crippen molar-refractivity contribution in [3.63, 3.8) is 0 Å². The van der Waals surface area contributed by atoms with E-state index in [-0.39, 0.29) is 11.7 Å². The first-order chi connectivity index (χ1) is 9.92. The molecule has 0 spiro atoms. The van der Waals surface area contributed by atoms with Gasteiger partial charge in [-0.3, -0.25) is 4.79 Å². The number of Topliss-reactive ketones (excluding diaryl/α,β-unsaturated/α-hetero) is 1. The van der Waals surface area contributed by atoms with Gasteiger partial charge in [0.05, 0.1) is 17.2 Å². The summed E-state index contributed by atoms with van der Waals surface area (Å²) in [7, 11) is 0. The molecule has 2 aromatic rings. The van der Waals surface area contributed by atoms with Gasteiger partial charge in [-0.1, -0.05) is 35.5 Å². The zero-order valence-corrected chi connectivity index (χ0v) is 12.5. The Bertz CT molecular complexity index is 673. The van der Waals surface area contributed by atoms with E-state index in [2.05, 4.69) is 5.16 Å². The summed E-state index contributed by atoms with van der Waals surface area (Å²) in [6, 6.07) is 9.79. The van der Waals surface area contributed by atoms with Crippen molar-refractivity contribution in [2.75, 3.05) is 0 Å². The standard InChI is InChI=1S/C17H19NO3/c1-10(19)16-15(12-7-5-4-6-8-12)14-11(2)21-18-13(14)9-17(16,3)20/h4-8,15-16,20H,9H2,1-3H3/t15-,16+,17-/m1/s1. The number of carbonyl (C=O) groups excluding carboxylic acids is 1. The average molecular weight is 285 g/mol. The van der Waals surface area contributed by atoms with E-state index < -0.39 is 11.5 Å². The van der Waals surface area contributed by atoms with E-state index in [1.54, 1.807) is 13.8 Å². The van der Waals surface area contributed by atoms with Crippen LogP contribution in [0.3, 0.4) is 0 Å². The molecule has 0 unspecified atom stereocenters. The van der Waals surface area contributed by atoms with Crippen LogP contribution in [0.15, 0.2) is 34.9 Å². The maximum Gasteiger partial charge on any atom is 0.137 e. The summed E-state index contributed by atoms with van der Waals surface area (Å²) in [6.07, 6.45) is 0.341. The Morgan fingerprint density at radius 1 is 1.38 bits per heavy atom. The average Bonchev–Trinajstić information content (AvgIpc) is 2.77. The minimum Gasteiger partial charge on any atom is -0.389 e. The third-order valence-corrected chi connectivity index (χ3v) is 4.42. The summed E-state index contributed by atoms with van der Waals surface area (Å²) in [6.45, 7) is 5.11. The smallest absolute Gasteiger partial charge is 0.137 e. The molecule has 1 aliphatic rings. The van der Waals surface area contributed by atoms with Crippen molar-refractivity contribution in [2.45, 2.75) is 38.7 Å². The van der Waals surface area contributed by atoms with Crippen LogP contribution in [0.2, 0.25) is 0 Å². The molecule has 0 bridgehead atoms. The molecule has 1 aliphatic carbocycles. The van der Waals surface area contributed by atoms with E-state index in [1.807, 2.05) is 37.3 Å². The van der Waals surface area contributed by atoms with Crippen LogP contribution in [-0.2, 0) is 11.2 Å². The molecule has 110 valence electrons. The topological polar surface area (TPSA) is 63.3 Å². The van der Waals surface area contributed by atoms with E-state index in [4.69, 9.17) is 4.52 Å². The van der Waals surface area contributed by atoms with Crippen LogP contribution in [0, 0.1) is 12.8 Å². The van der Waals surface area contributed by atoms with Crippen molar-refractivity contribution in [1.82, 2.24) is 5.16 Å². The van der Waals surface area contributed by atoms with Crippen LogP contribution in [0.25, 0.3) is 0 Å². The van der Waals surface area contributed by atoms with E-state index >= 15 is 0 Å². The first kappa shape index (κ1) is 14.0. The van der Waals surface area contributed by atoms with Crippen LogP contribution in [-0.4, -0.2) is 21.6 Å². The zero-order chi connectivity index (χ0) is 15.2. The van der Waals surface area contributed by atoms with E-state index in [0.717, 1.165) is 22.6 Å². The van der Waals surface area contributed by atoms with Gasteiger partial charge in [-0.05, 0) is 26.3 Å². The van der Waals surface area contributed by atoms with Crippen LogP contribution in [0.5, 0.6) is 0 Å². The fourth-order valence-corrected chi connectivity index (χ4v) is 3.62. The van der Waals surface area contributed by atoms with Gasteiger partial charge in [0.15, 0.2) is 0 Å². The van der Waals surface area contributed by atoms with Gasteiger partial charge < -0.3 is 9.63 Å². The van der Waals surface area contributed by atoms with E-state index in [0.29, 0.717) is 6.42 Å². The number of hydrogen-bond donors (Lipinski definition) is 1. The zero-order valence-electron chi connectivity index (χ0n) is 12.5. The molecule has 4 heteroatoms. The van der Waals surface area contributed by atoms with E-state index in [1.165, 1.54) is 0 Å². The van der Waals surface area contributed by atoms with Crippen LogP contribution in [0.1, 0.15) is 42.3 Å². The number of ketones is 1. The third-order valence-electron chi connectivity index (χ3n) is 4.42. The highest BCUT2D eigenvalue weighted by Gasteiger charge is 2.49. The summed E-state index contributed by atoms with van der Waals surface area (Å²) in [5.41, 5.74) is 1.59. The lowest BCUT2D eigenvalue weighted by Crippen LogP contribution is -2.48. The maximum atomic E-state index is 12.2. The Balaban J connectivity index is 2.24. The van der Waals surface area contributed by atoms with Crippen molar-refractivity contribution in [3.05, 3.63) is 52.9 Å². The summed E-state index contributed by atoms with van der Waals surface area (Å²) < 4.78 is 5.32. The molecule has 0 saturated carbocycles. The first-order valence-electron chi connectivity index (χ1n) is 7.14. The molecule has 1 heterocycles. The van der Waals surface area contributed by atoms with Crippen molar-refractivity contribution >= 4 is 5.78 Å². The number of benzene rings is 1. The number of hydrogen-bond acceptors (Lipinski definition) is 4. The molecule has 21 heavy (non-hydrogen) atoms. The lowest BCUT2D eigenvalue weighted by molar-refractivity contribution is -0.130. The molecule has 3 atom stereocenters. The fourth-order valence-electron chi connectivity index (χ4n) is 3.62. The lowest BCUT2D eigenvalue weighted by Gasteiger charge is -2.40. The van der Waals surface area contributed by atoms with Gasteiger partial charge in [-0.2, -0.15) is 0 Å². The van der Waals surface area contributed by atoms with Gasteiger partial charge >= 0.3 is 0 Å². The molecular weight excluding hydrogens is 266 g/mol. The van der Waals surface area contributed by atoms with Gasteiger partial charge in [-0.25, -0.2) is 0 Å². The quantitative estimate of drug-likeness (QED) is 0.921. The number of nitrogens with zero attached hydrogens (tertiary/aromatic N) is 1. The molecule has 0 aliphatic heterocycles. The Kier molecular flexibility index (Phi) is 3.21. The highest BCUT2D eigenvalue weighted by molar-refractivity contribution is 5.82. The lowest BCUT2D eigenvalue weighted by atomic mass is 9.64. The predicted molar refractivity (Wildman–Crippen MR) is 78.0 cm³/mol. The van der Waals surface area contributed by atoms with Crippen LogP contribution >= 0.6 is 0 Å². The molecular formula is C17H19NO3. The summed E-state index contributed by atoms with van der Waals surface area (Å²) in [5.74, 6) is -0.0000869. The van der Waals surface area contributed by atoms with Crippen LogP contribution < -0.4 is 0 Å². The minimum absolute atomic E-state index is 0.0138. The fraction of sp³-hybridized carbons (Fsp3) is 0.412. The summed E-state index contributed by atoms with van der Waals surface area (Å²) in [4.78, 5) is 12.2. The number of rotatable bonds is 2. The molecule has 4 nitrogen and oxygen atoms in total. The normalized spacial score (nSPS) is 28.2. The number of fused-ring (bicyclic) bond motifs is 1. The van der Waals surface area contributed by atoms with Gasteiger partial charge in [-0.15, -0.1) is 0 Å². The highest BCUT2D eigenvalue weighted by Crippen LogP contribution is 2.46. The van der Waals surface area contributed by atoms with Crippen molar-refractivity contribution in [1.29, 1.82) is 0 Å². The van der Waals surface area contributed by atoms with Gasteiger partial charge in [0.1, 0.15) is 11.5 Å². The Hall–Kier alpha value is -1.94. The van der Waals surface area contributed by atoms with Crippen LogP contribution in [0.4, 0.5) is 0 Å². The molecule has 3 rings (SSSR count). The number of aryl methyl sites for hydroxylation is 1. The Labute approximate surface area is 123 Å². The molecule has 0 fully saturated rings. The van der Waals surface area contributed by atoms with Crippen molar-refractivity contribution < 1.29 is 14.4 Å². The SMILES string of the molecule is CC(=O)[C@H]1[C@H](c2ccccc2)c2c(noc2C)C[C@@]1(C)O. The Morgan fingerprint density at radius 3 is 2.67 bits per heavy atom. The maximum absolute atomic E-state index is 12.2. The third kappa shape index (κ3) is 2.20. The van der Waals surface area contributed by atoms with E-state index in [9.17, 15) is 9.90 Å². The van der Waals surface area contributed by atoms with Crippen molar-refractivity contribution in [3.8, 4) is 0 Å². The predicted octanol–water partition coefficient (Wildman–Crippen LogP) is 2.63. The molecule has 1 N–H and O–H groups in total. The second-order valence-corrected chi connectivity index (χ2v) is 6.11. The molecule has 0 amide bonds. The summed E-state index contributed by atoms with van der Waals surface area (Å²) in [5, 5.41) is 14.9.